The first-order chi connectivity index (χ1) is 10.1. The van der Waals surface area contributed by atoms with E-state index in [-0.39, 0.29) is 11.9 Å². The molecule has 6 heteroatoms. The van der Waals surface area contributed by atoms with Crippen molar-refractivity contribution in [3.63, 3.8) is 0 Å². The molecule has 0 radical (unpaired) electrons. The van der Waals surface area contributed by atoms with Gasteiger partial charge in [-0.25, -0.2) is 10.8 Å². The molecule has 1 saturated carbocycles. The molecule has 1 fully saturated rings. The highest BCUT2D eigenvalue weighted by molar-refractivity contribution is 5.95. The summed E-state index contributed by atoms with van der Waals surface area (Å²) in [6.45, 7) is 1.98. The maximum absolute atomic E-state index is 12.6. The lowest BCUT2D eigenvalue weighted by atomic mass is 9.91. The van der Waals surface area contributed by atoms with Gasteiger partial charge in [0.2, 0.25) is 0 Å². The molecule has 116 valence electrons. The summed E-state index contributed by atoms with van der Waals surface area (Å²) in [5.74, 6) is 5.79. The van der Waals surface area contributed by atoms with E-state index < -0.39 is 6.10 Å². The zero-order valence-electron chi connectivity index (χ0n) is 12.7. The number of nitrogen functional groups attached to an aromatic ring is 1. The number of aryl methyl sites for hydroxylation is 1. The van der Waals surface area contributed by atoms with E-state index in [1.807, 2.05) is 6.92 Å². The van der Waals surface area contributed by atoms with E-state index in [0.717, 1.165) is 37.8 Å². The third-order valence-electron chi connectivity index (χ3n) is 4.15. The average molecular weight is 292 g/mol. The Kier molecular flexibility index (Phi) is 5.14. The maximum Gasteiger partial charge on any atom is 0.254 e. The number of hydrogen-bond donors (Lipinski definition) is 3. The van der Waals surface area contributed by atoms with Gasteiger partial charge in [0.1, 0.15) is 5.82 Å². The molecule has 0 aliphatic heterocycles. The molecule has 21 heavy (non-hydrogen) atoms. The van der Waals surface area contributed by atoms with Crippen molar-refractivity contribution >= 4 is 11.7 Å². The summed E-state index contributed by atoms with van der Waals surface area (Å²) in [5, 5.41) is 10.1. The molecule has 2 rings (SSSR count). The number of rotatable bonds is 4. The van der Waals surface area contributed by atoms with E-state index in [0.29, 0.717) is 11.4 Å². The quantitative estimate of drug-likeness (QED) is 0.575. The number of hydrogen-bond acceptors (Lipinski definition) is 5. The highest BCUT2D eigenvalue weighted by Gasteiger charge is 2.30. The number of hydrazine groups is 1. The van der Waals surface area contributed by atoms with E-state index in [1.54, 1.807) is 24.1 Å². The number of aromatic nitrogens is 1. The summed E-state index contributed by atoms with van der Waals surface area (Å²) in [7, 11) is 1.75. The number of nitrogens with zero attached hydrogens (tertiary/aromatic N) is 2. The van der Waals surface area contributed by atoms with Crippen LogP contribution in [0.2, 0.25) is 0 Å². The van der Waals surface area contributed by atoms with E-state index >= 15 is 0 Å². The van der Waals surface area contributed by atoms with Gasteiger partial charge in [-0.1, -0.05) is 19.8 Å². The van der Waals surface area contributed by atoms with Crippen LogP contribution in [0.5, 0.6) is 0 Å². The molecule has 6 nitrogen and oxygen atoms in total. The summed E-state index contributed by atoms with van der Waals surface area (Å²) < 4.78 is 0. The molecule has 1 aliphatic rings. The van der Waals surface area contributed by atoms with Gasteiger partial charge in [0.25, 0.3) is 5.91 Å². The number of anilines is 1. The average Bonchev–Trinajstić information content (AvgIpc) is 2.53. The van der Waals surface area contributed by atoms with Crippen molar-refractivity contribution < 1.29 is 9.90 Å². The van der Waals surface area contributed by atoms with E-state index in [4.69, 9.17) is 5.84 Å². The smallest absolute Gasteiger partial charge is 0.254 e. The van der Waals surface area contributed by atoms with Crippen molar-refractivity contribution in [2.75, 3.05) is 12.5 Å². The molecule has 1 aromatic heterocycles. The molecule has 0 spiro atoms. The summed E-state index contributed by atoms with van der Waals surface area (Å²) >= 11 is 0. The van der Waals surface area contributed by atoms with E-state index in [9.17, 15) is 9.90 Å². The number of pyridine rings is 1. The SMILES string of the molecule is CCc1cc(C(=O)N(C)C2CCCCC2O)cc(NN)n1. The second kappa shape index (κ2) is 6.87. The highest BCUT2D eigenvalue weighted by atomic mass is 16.3. The second-order valence-corrected chi connectivity index (χ2v) is 5.57. The first-order valence-corrected chi connectivity index (χ1v) is 7.49. The van der Waals surface area contributed by atoms with Crippen LogP contribution in [-0.4, -0.2) is 40.1 Å². The Bertz CT molecular complexity index is 484. The minimum atomic E-state index is -0.438. The Hall–Kier alpha value is -1.66. The number of amides is 1. The molecule has 1 amide bonds. The van der Waals surface area contributed by atoms with Crippen LogP contribution in [0.15, 0.2) is 12.1 Å². The van der Waals surface area contributed by atoms with Gasteiger partial charge < -0.3 is 15.4 Å². The molecule has 2 atom stereocenters. The molecule has 1 aromatic rings. The van der Waals surface area contributed by atoms with Crippen LogP contribution >= 0.6 is 0 Å². The third kappa shape index (κ3) is 3.51. The maximum atomic E-state index is 12.6. The van der Waals surface area contributed by atoms with Crippen LogP contribution in [0.1, 0.15) is 48.7 Å². The van der Waals surface area contributed by atoms with Crippen molar-refractivity contribution in [1.29, 1.82) is 0 Å². The molecule has 0 aromatic carbocycles. The number of nitrogens with one attached hydrogen (secondary N) is 1. The van der Waals surface area contributed by atoms with Gasteiger partial charge in [-0.3, -0.25) is 4.79 Å². The van der Waals surface area contributed by atoms with Crippen molar-refractivity contribution in [3.8, 4) is 0 Å². The Morgan fingerprint density at radius 2 is 2.19 bits per heavy atom. The molecule has 0 saturated heterocycles. The standard InChI is InChI=1S/C15H24N4O2/c1-3-11-8-10(9-14(17-11)18-16)15(21)19(2)12-6-4-5-7-13(12)20/h8-9,12-13,20H,3-7,16H2,1-2H3,(H,17,18). The fourth-order valence-electron chi connectivity index (χ4n) is 2.86. The molecule has 1 heterocycles. The molecular formula is C15H24N4O2. The van der Waals surface area contributed by atoms with Gasteiger partial charge in [0.15, 0.2) is 0 Å². The second-order valence-electron chi connectivity index (χ2n) is 5.57. The summed E-state index contributed by atoms with van der Waals surface area (Å²) in [6, 6.07) is 3.32. The van der Waals surface area contributed by atoms with Crippen LogP contribution in [0.4, 0.5) is 5.82 Å². The molecule has 1 aliphatic carbocycles. The Balaban J connectivity index is 2.22. The van der Waals surface area contributed by atoms with Crippen molar-refractivity contribution in [2.45, 2.75) is 51.2 Å². The predicted octanol–water partition coefficient (Wildman–Crippen LogP) is 1.31. The number of aliphatic hydroxyl groups is 1. The minimum Gasteiger partial charge on any atom is -0.391 e. The fourth-order valence-corrected chi connectivity index (χ4v) is 2.86. The lowest BCUT2D eigenvalue weighted by Crippen LogP contribution is -2.46. The first-order valence-electron chi connectivity index (χ1n) is 7.49. The lowest BCUT2D eigenvalue weighted by molar-refractivity contribution is 0.0268. The molecule has 4 N–H and O–H groups in total. The van der Waals surface area contributed by atoms with Gasteiger partial charge in [-0.05, 0) is 31.4 Å². The third-order valence-corrected chi connectivity index (χ3v) is 4.15. The van der Waals surface area contributed by atoms with Crippen LogP contribution < -0.4 is 11.3 Å². The van der Waals surface area contributed by atoms with Crippen LogP contribution in [-0.2, 0) is 6.42 Å². The summed E-state index contributed by atoms with van der Waals surface area (Å²) in [4.78, 5) is 18.6. The van der Waals surface area contributed by atoms with Gasteiger partial charge in [0, 0.05) is 18.3 Å². The topological polar surface area (TPSA) is 91.5 Å². The van der Waals surface area contributed by atoms with Gasteiger partial charge in [-0.15, -0.1) is 0 Å². The highest BCUT2D eigenvalue weighted by Crippen LogP contribution is 2.24. The largest absolute Gasteiger partial charge is 0.391 e. The number of carbonyl (C=O) groups excluding carboxylic acids is 1. The monoisotopic (exact) mass is 292 g/mol. The van der Waals surface area contributed by atoms with Crippen LogP contribution in [0.25, 0.3) is 0 Å². The number of likely N-dealkylation sites (N-methyl/N-ethyl adjacent to an activating group) is 1. The fraction of sp³-hybridized carbons (Fsp3) is 0.600. The minimum absolute atomic E-state index is 0.102. The van der Waals surface area contributed by atoms with Crippen molar-refractivity contribution in [2.24, 2.45) is 5.84 Å². The summed E-state index contributed by atoms with van der Waals surface area (Å²) in [5.41, 5.74) is 3.86. The van der Waals surface area contributed by atoms with Gasteiger partial charge in [-0.2, -0.15) is 0 Å². The number of aliphatic hydroxyl groups excluding tert-OH is 1. The predicted molar refractivity (Wildman–Crippen MR) is 81.8 cm³/mol. The number of carbonyl (C=O) groups is 1. The zero-order chi connectivity index (χ0) is 15.4. The zero-order valence-corrected chi connectivity index (χ0v) is 12.7. The molecular weight excluding hydrogens is 268 g/mol. The van der Waals surface area contributed by atoms with Crippen molar-refractivity contribution in [3.05, 3.63) is 23.4 Å². The Labute approximate surface area is 125 Å². The summed E-state index contributed by atoms with van der Waals surface area (Å²) in [6.07, 6.45) is 3.96. The lowest BCUT2D eigenvalue weighted by Gasteiger charge is -2.35. The van der Waals surface area contributed by atoms with E-state index in [1.165, 1.54) is 0 Å². The normalized spacial score (nSPS) is 21.9. The van der Waals surface area contributed by atoms with Gasteiger partial charge in [0.05, 0.1) is 12.1 Å². The Morgan fingerprint density at radius 3 is 2.81 bits per heavy atom. The number of nitrogens with two attached hydrogens (primary N) is 1. The first kappa shape index (κ1) is 15.7. The van der Waals surface area contributed by atoms with Crippen molar-refractivity contribution in [1.82, 2.24) is 9.88 Å². The molecule has 2 unspecified atom stereocenters. The van der Waals surface area contributed by atoms with E-state index in [2.05, 4.69) is 10.4 Å². The van der Waals surface area contributed by atoms with Gasteiger partial charge >= 0.3 is 0 Å². The molecule has 0 bridgehead atoms. The van der Waals surface area contributed by atoms with Crippen LogP contribution in [0.3, 0.4) is 0 Å². The Morgan fingerprint density at radius 1 is 1.48 bits per heavy atom. The van der Waals surface area contributed by atoms with Crippen LogP contribution in [0, 0.1) is 0 Å².